The van der Waals surface area contributed by atoms with Crippen LogP contribution >= 0.6 is 22.9 Å². The highest BCUT2D eigenvalue weighted by molar-refractivity contribution is 7.16. The summed E-state index contributed by atoms with van der Waals surface area (Å²) in [6.07, 6.45) is 1.35. The molecule has 3 rings (SSSR count). The van der Waals surface area contributed by atoms with E-state index in [0.717, 1.165) is 33.4 Å². The number of rotatable bonds is 3. The van der Waals surface area contributed by atoms with Gasteiger partial charge in [-0.2, -0.15) is 0 Å². The fourth-order valence-electron chi connectivity index (χ4n) is 2.54. The Bertz CT molecular complexity index is 608. The monoisotopic (exact) mass is 291 g/mol. The summed E-state index contributed by atoms with van der Waals surface area (Å²) in [5.41, 5.74) is 2.22. The first-order valence-electron chi connectivity index (χ1n) is 6.34. The minimum atomic E-state index is 0.0123. The van der Waals surface area contributed by atoms with Crippen molar-refractivity contribution in [2.75, 3.05) is 11.9 Å². The van der Waals surface area contributed by atoms with Crippen molar-refractivity contribution in [3.05, 3.63) is 51.2 Å². The average Bonchev–Trinajstić information content (AvgIpc) is 2.83. The summed E-state index contributed by atoms with van der Waals surface area (Å²) in [4.78, 5) is 13.5. The van der Waals surface area contributed by atoms with Gasteiger partial charge < -0.3 is 5.32 Å². The van der Waals surface area contributed by atoms with Crippen LogP contribution in [0.1, 0.15) is 22.8 Å². The average molecular weight is 292 g/mol. The molecule has 0 saturated heterocycles. The number of carbonyl (C=O) groups is 1. The standard InChI is InChI=1S/C15H14ClNOS/c16-15-6-5-10(19-15)9-14(18)12-7-8-17-13-4-2-1-3-11(12)13/h1-6,12,17H,7-9H2. The van der Waals surface area contributed by atoms with Crippen LogP contribution in [0.25, 0.3) is 0 Å². The third-order valence-corrected chi connectivity index (χ3v) is 4.68. The Kier molecular flexibility index (Phi) is 3.58. The van der Waals surface area contributed by atoms with E-state index in [9.17, 15) is 4.79 Å². The number of para-hydroxylation sites is 1. The summed E-state index contributed by atoms with van der Waals surface area (Å²) in [6, 6.07) is 11.9. The van der Waals surface area contributed by atoms with E-state index in [2.05, 4.69) is 5.32 Å². The maximum absolute atomic E-state index is 12.5. The van der Waals surface area contributed by atoms with Gasteiger partial charge in [0.05, 0.1) is 4.34 Å². The maximum Gasteiger partial charge on any atom is 0.145 e. The molecule has 1 N–H and O–H groups in total. The second kappa shape index (κ2) is 5.35. The Hall–Kier alpha value is -1.32. The lowest BCUT2D eigenvalue weighted by atomic mass is 9.86. The molecule has 98 valence electrons. The Morgan fingerprint density at radius 1 is 1.32 bits per heavy atom. The number of halogens is 1. The van der Waals surface area contributed by atoms with E-state index in [4.69, 9.17) is 11.6 Å². The largest absolute Gasteiger partial charge is 0.385 e. The van der Waals surface area contributed by atoms with Crippen molar-refractivity contribution >= 4 is 34.4 Å². The van der Waals surface area contributed by atoms with Crippen LogP contribution in [0.2, 0.25) is 4.34 Å². The van der Waals surface area contributed by atoms with Crippen molar-refractivity contribution in [1.29, 1.82) is 0 Å². The molecule has 1 aromatic carbocycles. The molecular weight excluding hydrogens is 278 g/mol. The summed E-state index contributed by atoms with van der Waals surface area (Å²) in [6.45, 7) is 0.860. The van der Waals surface area contributed by atoms with E-state index in [1.165, 1.54) is 11.3 Å². The number of thiophene rings is 1. The Morgan fingerprint density at radius 2 is 2.16 bits per heavy atom. The van der Waals surface area contributed by atoms with Crippen molar-refractivity contribution in [2.24, 2.45) is 0 Å². The second-order valence-corrected chi connectivity index (χ2v) is 6.50. The molecule has 2 heterocycles. The molecule has 4 heteroatoms. The SMILES string of the molecule is O=C(Cc1ccc(Cl)s1)C1CCNc2ccccc21. The third-order valence-electron chi connectivity index (χ3n) is 3.45. The van der Waals surface area contributed by atoms with Gasteiger partial charge in [0.15, 0.2) is 0 Å². The fraction of sp³-hybridized carbons (Fsp3) is 0.267. The zero-order valence-corrected chi connectivity index (χ0v) is 11.9. The highest BCUT2D eigenvalue weighted by Crippen LogP contribution is 2.33. The van der Waals surface area contributed by atoms with Crippen LogP contribution in [0.3, 0.4) is 0 Å². The molecule has 1 unspecified atom stereocenters. The molecule has 0 saturated carbocycles. The summed E-state index contributed by atoms with van der Waals surface area (Å²) < 4.78 is 0.744. The number of hydrogen-bond donors (Lipinski definition) is 1. The van der Waals surface area contributed by atoms with Crippen LogP contribution in [0.15, 0.2) is 36.4 Å². The van der Waals surface area contributed by atoms with Crippen LogP contribution in [-0.4, -0.2) is 12.3 Å². The van der Waals surface area contributed by atoms with Gasteiger partial charge in [0.25, 0.3) is 0 Å². The van der Waals surface area contributed by atoms with E-state index in [-0.39, 0.29) is 11.7 Å². The van der Waals surface area contributed by atoms with Gasteiger partial charge in [0, 0.05) is 29.4 Å². The topological polar surface area (TPSA) is 29.1 Å². The van der Waals surface area contributed by atoms with Gasteiger partial charge in [-0.3, -0.25) is 4.79 Å². The predicted molar refractivity (Wildman–Crippen MR) is 80.3 cm³/mol. The minimum Gasteiger partial charge on any atom is -0.385 e. The van der Waals surface area contributed by atoms with E-state index >= 15 is 0 Å². The van der Waals surface area contributed by atoms with Crippen molar-refractivity contribution in [2.45, 2.75) is 18.8 Å². The van der Waals surface area contributed by atoms with Crippen LogP contribution in [0, 0.1) is 0 Å². The number of Topliss-reactive ketones (excluding diaryl/α,β-unsaturated/α-hetero) is 1. The number of hydrogen-bond acceptors (Lipinski definition) is 3. The molecule has 0 amide bonds. The van der Waals surface area contributed by atoms with Gasteiger partial charge in [-0.15, -0.1) is 11.3 Å². The van der Waals surface area contributed by atoms with Crippen LogP contribution in [0.5, 0.6) is 0 Å². The quantitative estimate of drug-likeness (QED) is 0.922. The molecule has 0 aliphatic carbocycles. The summed E-state index contributed by atoms with van der Waals surface area (Å²) in [5, 5.41) is 3.34. The molecule has 2 aromatic rings. The molecule has 0 spiro atoms. The number of benzene rings is 1. The summed E-state index contributed by atoms with van der Waals surface area (Å²) in [5.74, 6) is 0.297. The van der Waals surface area contributed by atoms with E-state index in [0.29, 0.717) is 6.42 Å². The number of ketones is 1. The molecule has 1 aliphatic heterocycles. The lowest BCUT2D eigenvalue weighted by Crippen LogP contribution is -2.23. The van der Waals surface area contributed by atoms with Crippen molar-refractivity contribution in [3.8, 4) is 0 Å². The van der Waals surface area contributed by atoms with Crippen molar-refractivity contribution in [1.82, 2.24) is 0 Å². The first-order chi connectivity index (χ1) is 9.24. The van der Waals surface area contributed by atoms with Gasteiger partial charge in [-0.25, -0.2) is 0 Å². The molecule has 1 aromatic heterocycles. The van der Waals surface area contributed by atoms with E-state index in [1.54, 1.807) is 0 Å². The molecular formula is C15H14ClNOS. The number of fused-ring (bicyclic) bond motifs is 1. The molecule has 0 bridgehead atoms. The van der Waals surface area contributed by atoms with Gasteiger partial charge in [-0.1, -0.05) is 29.8 Å². The molecule has 0 radical (unpaired) electrons. The molecule has 2 nitrogen and oxygen atoms in total. The minimum absolute atomic E-state index is 0.0123. The van der Waals surface area contributed by atoms with E-state index in [1.807, 2.05) is 36.4 Å². The van der Waals surface area contributed by atoms with Crippen molar-refractivity contribution in [3.63, 3.8) is 0 Å². The third kappa shape index (κ3) is 2.67. The summed E-state index contributed by atoms with van der Waals surface area (Å²) in [7, 11) is 0. The zero-order valence-electron chi connectivity index (χ0n) is 10.4. The highest BCUT2D eigenvalue weighted by atomic mass is 35.5. The Labute approximate surface area is 121 Å². The maximum atomic E-state index is 12.5. The first-order valence-corrected chi connectivity index (χ1v) is 7.53. The molecule has 1 atom stereocenters. The van der Waals surface area contributed by atoms with Gasteiger partial charge >= 0.3 is 0 Å². The molecule has 19 heavy (non-hydrogen) atoms. The van der Waals surface area contributed by atoms with Crippen LogP contribution < -0.4 is 5.32 Å². The predicted octanol–water partition coefficient (Wildman–Crippen LogP) is 4.11. The lowest BCUT2D eigenvalue weighted by molar-refractivity contribution is -0.119. The number of nitrogens with one attached hydrogen (secondary N) is 1. The normalized spacial score (nSPS) is 17.6. The molecule has 0 fully saturated rings. The second-order valence-electron chi connectivity index (χ2n) is 4.70. The van der Waals surface area contributed by atoms with Crippen molar-refractivity contribution < 1.29 is 4.79 Å². The summed E-state index contributed by atoms with van der Waals surface area (Å²) >= 11 is 7.40. The molecule has 1 aliphatic rings. The zero-order chi connectivity index (χ0) is 13.2. The van der Waals surface area contributed by atoms with E-state index < -0.39 is 0 Å². The Morgan fingerprint density at radius 3 is 2.95 bits per heavy atom. The Balaban J connectivity index is 1.81. The fourth-order valence-corrected chi connectivity index (χ4v) is 3.64. The first kappa shape index (κ1) is 12.7. The highest BCUT2D eigenvalue weighted by Gasteiger charge is 2.26. The van der Waals surface area contributed by atoms with Crippen LogP contribution in [-0.2, 0) is 11.2 Å². The van der Waals surface area contributed by atoms with Gasteiger partial charge in [0.2, 0.25) is 0 Å². The lowest BCUT2D eigenvalue weighted by Gasteiger charge is -2.25. The number of anilines is 1. The number of carbonyl (C=O) groups excluding carboxylic acids is 1. The van der Waals surface area contributed by atoms with Gasteiger partial charge in [-0.05, 0) is 30.2 Å². The smallest absolute Gasteiger partial charge is 0.145 e. The van der Waals surface area contributed by atoms with Gasteiger partial charge in [0.1, 0.15) is 5.78 Å². The van der Waals surface area contributed by atoms with Crippen LogP contribution in [0.4, 0.5) is 5.69 Å².